The molecule has 3 rings (SSSR count). The number of carbonyl (C=O) groups is 2. The Morgan fingerprint density at radius 3 is 2.82 bits per heavy atom. The Balaban J connectivity index is 1.87. The van der Waals surface area contributed by atoms with Gasteiger partial charge in [-0.3, -0.25) is 19.5 Å². The second kappa shape index (κ2) is 7.03. The number of guanidine groups is 1. The lowest BCUT2D eigenvalue weighted by Crippen LogP contribution is -2.47. The third-order valence-electron chi connectivity index (χ3n) is 4.33. The van der Waals surface area contributed by atoms with Crippen molar-refractivity contribution < 1.29 is 14.0 Å². The van der Waals surface area contributed by atoms with Crippen LogP contribution in [0.3, 0.4) is 0 Å². The van der Waals surface area contributed by atoms with Gasteiger partial charge in [0.1, 0.15) is 11.6 Å². The number of hydrogen-bond acceptors (Lipinski definition) is 7. The van der Waals surface area contributed by atoms with Gasteiger partial charge in [-0.2, -0.15) is 5.26 Å². The first kappa shape index (κ1) is 18.9. The molecule has 0 aromatic carbocycles. The van der Waals surface area contributed by atoms with Gasteiger partial charge in [-0.1, -0.05) is 0 Å². The van der Waals surface area contributed by atoms with Crippen molar-refractivity contribution in [2.45, 2.75) is 18.9 Å². The highest BCUT2D eigenvalue weighted by Gasteiger charge is 2.37. The molecule has 0 saturated heterocycles. The Bertz CT molecular complexity index is 1050. The predicted molar refractivity (Wildman–Crippen MR) is 97.5 cm³/mol. The molecule has 0 saturated carbocycles. The molecular formula is C18H16FN7O2. The molecule has 3 N–H and O–H groups in total. The second-order valence-electron chi connectivity index (χ2n) is 6.42. The molecule has 0 aliphatic carbocycles. The van der Waals surface area contributed by atoms with Crippen molar-refractivity contribution in [2.75, 3.05) is 12.4 Å². The number of amides is 2. The molecule has 2 aromatic rings. The van der Waals surface area contributed by atoms with E-state index in [1.165, 1.54) is 30.3 Å². The molecule has 142 valence electrons. The molecule has 1 aliphatic rings. The van der Waals surface area contributed by atoms with E-state index in [0.29, 0.717) is 11.4 Å². The fourth-order valence-corrected chi connectivity index (χ4v) is 2.72. The van der Waals surface area contributed by atoms with Gasteiger partial charge in [0.15, 0.2) is 17.5 Å². The van der Waals surface area contributed by atoms with Crippen molar-refractivity contribution in [1.82, 2.24) is 14.9 Å². The third kappa shape index (κ3) is 3.50. The van der Waals surface area contributed by atoms with E-state index in [2.05, 4.69) is 20.3 Å². The lowest BCUT2D eigenvalue weighted by Gasteiger charge is -2.32. The molecule has 1 atom stereocenters. The number of carbonyl (C=O) groups excluding carboxylic acids is 2. The minimum Gasteiger partial charge on any atom is -0.369 e. The van der Waals surface area contributed by atoms with Crippen LogP contribution in [0.5, 0.6) is 0 Å². The molecule has 0 bridgehead atoms. The number of nitrogens with two attached hydrogens (primary N) is 1. The SMILES string of the molecule is CN1C(=O)CC(C)(c2cc(NC(=O)c3ncc(C#N)cc3F)ccn2)N=C1N. The number of rotatable bonds is 3. The summed E-state index contributed by atoms with van der Waals surface area (Å²) in [7, 11) is 1.53. The molecule has 0 fully saturated rings. The molecule has 1 unspecified atom stereocenters. The van der Waals surface area contributed by atoms with Gasteiger partial charge in [-0.25, -0.2) is 14.4 Å². The zero-order valence-electron chi connectivity index (χ0n) is 15.1. The predicted octanol–water partition coefficient (Wildman–Crippen LogP) is 1.13. The summed E-state index contributed by atoms with van der Waals surface area (Å²) in [6, 6.07) is 5.73. The first-order chi connectivity index (χ1) is 13.2. The van der Waals surface area contributed by atoms with Gasteiger partial charge < -0.3 is 11.1 Å². The van der Waals surface area contributed by atoms with E-state index in [0.717, 1.165) is 12.3 Å². The molecule has 1 aliphatic heterocycles. The van der Waals surface area contributed by atoms with Crippen LogP contribution < -0.4 is 11.1 Å². The largest absolute Gasteiger partial charge is 0.369 e. The van der Waals surface area contributed by atoms with Crippen LogP contribution in [0.15, 0.2) is 35.6 Å². The minimum absolute atomic E-state index is 0.00977. The number of nitrogens with one attached hydrogen (secondary N) is 1. The van der Waals surface area contributed by atoms with Crippen molar-refractivity contribution in [1.29, 1.82) is 5.26 Å². The summed E-state index contributed by atoms with van der Waals surface area (Å²) in [6.07, 6.45) is 2.60. The van der Waals surface area contributed by atoms with Crippen molar-refractivity contribution >= 4 is 23.5 Å². The highest BCUT2D eigenvalue weighted by atomic mass is 19.1. The number of anilines is 1. The summed E-state index contributed by atoms with van der Waals surface area (Å²) in [5.41, 5.74) is 5.11. The van der Waals surface area contributed by atoms with E-state index in [-0.39, 0.29) is 23.9 Å². The first-order valence-electron chi connectivity index (χ1n) is 8.19. The van der Waals surface area contributed by atoms with E-state index >= 15 is 0 Å². The first-order valence-corrected chi connectivity index (χ1v) is 8.19. The normalized spacial score (nSPS) is 19.0. The van der Waals surface area contributed by atoms with Crippen molar-refractivity contribution in [3.8, 4) is 6.07 Å². The van der Waals surface area contributed by atoms with Crippen LogP contribution in [0.25, 0.3) is 0 Å². The van der Waals surface area contributed by atoms with E-state index < -0.39 is 23.0 Å². The highest BCUT2D eigenvalue weighted by molar-refractivity contribution is 6.03. The zero-order valence-corrected chi connectivity index (χ0v) is 15.1. The van der Waals surface area contributed by atoms with Gasteiger partial charge in [-0.15, -0.1) is 0 Å². The standard InChI is InChI=1S/C18H16FN7O2/c1-18(7-14(27)26(2)17(21)25-18)13-6-11(3-4-22-13)24-16(28)15-12(19)5-10(8-20)9-23-15/h3-6,9H,7H2,1-2H3,(H2,21,25)(H,22,24,28). The summed E-state index contributed by atoms with van der Waals surface area (Å²) in [5.74, 6) is -1.84. The lowest BCUT2D eigenvalue weighted by molar-refractivity contribution is -0.128. The van der Waals surface area contributed by atoms with Crippen LogP contribution in [-0.2, 0) is 10.3 Å². The van der Waals surface area contributed by atoms with Gasteiger partial charge in [0.25, 0.3) is 5.91 Å². The smallest absolute Gasteiger partial charge is 0.277 e. The lowest BCUT2D eigenvalue weighted by atomic mass is 9.91. The number of aliphatic imine (C=N–C) groups is 1. The molecule has 2 amide bonds. The molecule has 0 radical (unpaired) electrons. The number of aromatic nitrogens is 2. The Hall–Kier alpha value is -3.87. The Morgan fingerprint density at radius 2 is 2.18 bits per heavy atom. The van der Waals surface area contributed by atoms with Crippen LogP contribution in [0, 0.1) is 17.1 Å². The maximum absolute atomic E-state index is 14.0. The maximum Gasteiger partial charge on any atom is 0.277 e. The topological polar surface area (TPSA) is 137 Å². The van der Waals surface area contributed by atoms with Gasteiger partial charge in [0.2, 0.25) is 5.91 Å². The Labute approximate surface area is 159 Å². The minimum atomic E-state index is -0.994. The molecule has 10 heteroatoms. The third-order valence-corrected chi connectivity index (χ3v) is 4.33. The molecular weight excluding hydrogens is 365 g/mol. The van der Waals surface area contributed by atoms with Crippen molar-refractivity contribution in [3.05, 3.63) is 53.4 Å². The molecule has 28 heavy (non-hydrogen) atoms. The fraction of sp³-hybridized carbons (Fsp3) is 0.222. The van der Waals surface area contributed by atoms with Gasteiger partial charge in [0.05, 0.1) is 17.7 Å². The second-order valence-corrected chi connectivity index (χ2v) is 6.42. The van der Waals surface area contributed by atoms with Crippen LogP contribution in [-0.4, -0.2) is 39.7 Å². The Kier molecular flexibility index (Phi) is 4.75. The van der Waals surface area contributed by atoms with E-state index in [1.54, 1.807) is 13.0 Å². The van der Waals surface area contributed by atoms with E-state index in [4.69, 9.17) is 11.0 Å². The van der Waals surface area contributed by atoms with Crippen molar-refractivity contribution in [2.24, 2.45) is 10.7 Å². The number of pyridine rings is 2. The summed E-state index contributed by atoms with van der Waals surface area (Å²) in [5, 5.41) is 11.3. The molecule has 3 heterocycles. The van der Waals surface area contributed by atoms with Crippen LogP contribution in [0.1, 0.15) is 35.1 Å². The Morgan fingerprint density at radius 1 is 1.43 bits per heavy atom. The van der Waals surface area contributed by atoms with Crippen LogP contribution in [0.4, 0.5) is 10.1 Å². The van der Waals surface area contributed by atoms with Crippen LogP contribution >= 0.6 is 0 Å². The van der Waals surface area contributed by atoms with Crippen LogP contribution in [0.2, 0.25) is 0 Å². The van der Waals surface area contributed by atoms with E-state index in [9.17, 15) is 14.0 Å². The number of nitriles is 1. The summed E-state index contributed by atoms with van der Waals surface area (Å²) in [6.45, 7) is 1.71. The zero-order chi connectivity index (χ0) is 20.5. The average Bonchev–Trinajstić information content (AvgIpc) is 2.66. The van der Waals surface area contributed by atoms with Gasteiger partial charge >= 0.3 is 0 Å². The van der Waals surface area contributed by atoms with Gasteiger partial charge in [-0.05, 0) is 25.1 Å². The van der Waals surface area contributed by atoms with E-state index in [1.807, 2.05) is 0 Å². The maximum atomic E-state index is 14.0. The molecule has 2 aromatic heterocycles. The number of halogens is 1. The summed E-state index contributed by atoms with van der Waals surface area (Å²) < 4.78 is 14.0. The summed E-state index contributed by atoms with van der Waals surface area (Å²) >= 11 is 0. The van der Waals surface area contributed by atoms with Gasteiger partial charge in [0, 0.05) is 25.1 Å². The average molecular weight is 381 g/mol. The highest BCUT2D eigenvalue weighted by Crippen LogP contribution is 2.32. The fourth-order valence-electron chi connectivity index (χ4n) is 2.72. The number of hydrogen-bond donors (Lipinski definition) is 2. The monoisotopic (exact) mass is 381 g/mol. The number of nitrogens with zero attached hydrogens (tertiary/aromatic N) is 5. The summed E-state index contributed by atoms with van der Waals surface area (Å²) in [4.78, 5) is 38.0. The van der Waals surface area contributed by atoms with Crippen molar-refractivity contribution in [3.63, 3.8) is 0 Å². The quantitative estimate of drug-likeness (QED) is 0.817. The molecule has 0 spiro atoms. The molecule has 9 nitrogen and oxygen atoms in total.